The van der Waals surface area contributed by atoms with Crippen molar-refractivity contribution in [1.29, 1.82) is 0 Å². The molecular weight excluding hydrogens is 278 g/mol. The lowest BCUT2D eigenvalue weighted by atomic mass is 10.1. The Bertz CT molecular complexity index is 381. The van der Waals surface area contributed by atoms with E-state index in [1.807, 2.05) is 0 Å². The molecule has 0 aliphatic rings. The highest BCUT2D eigenvalue weighted by Crippen LogP contribution is 2.11. The number of quaternary nitrogens is 1. The van der Waals surface area contributed by atoms with Gasteiger partial charge in [-0.1, -0.05) is 38.3 Å². The third-order valence-corrected chi connectivity index (χ3v) is 2.99. The topological polar surface area (TPSA) is 74.2 Å². The number of hydrogen-bond acceptors (Lipinski definition) is 3. The Balaban J connectivity index is 0.00000361. The number of carbonyl (C=O) groups excluding carboxylic acids is 1. The van der Waals surface area contributed by atoms with Crippen LogP contribution in [0.1, 0.15) is 38.2 Å². The lowest BCUT2D eigenvalue weighted by Crippen LogP contribution is -3.00. The van der Waals surface area contributed by atoms with E-state index in [0.717, 1.165) is 18.4 Å². The van der Waals surface area contributed by atoms with Crippen LogP contribution in [0.25, 0.3) is 0 Å². The molecule has 4 N–H and O–H groups in total. The van der Waals surface area contributed by atoms with Gasteiger partial charge in [0.1, 0.15) is 5.75 Å². The summed E-state index contributed by atoms with van der Waals surface area (Å²) in [6.07, 6.45) is 4.91. The van der Waals surface area contributed by atoms with Crippen LogP contribution >= 0.6 is 0 Å². The minimum Gasteiger partial charge on any atom is -1.00 e. The number of rotatable bonds is 8. The molecule has 114 valence electrons. The molecule has 5 heteroatoms. The van der Waals surface area contributed by atoms with E-state index in [1.165, 1.54) is 12.8 Å². The fraction of sp³-hybridized carbons (Fsp3) is 0.533. The van der Waals surface area contributed by atoms with Crippen LogP contribution in [-0.2, 0) is 16.0 Å². The molecule has 0 unspecified atom stereocenters. The average molecular weight is 302 g/mol. The summed E-state index contributed by atoms with van der Waals surface area (Å²) in [5, 5.41) is 9.18. The molecule has 0 bridgehead atoms. The molecule has 0 aliphatic carbocycles. The predicted molar refractivity (Wildman–Crippen MR) is 73.6 cm³/mol. The third-order valence-electron chi connectivity index (χ3n) is 2.99. The molecule has 0 heterocycles. The molecule has 4 nitrogen and oxygen atoms in total. The van der Waals surface area contributed by atoms with Gasteiger partial charge in [-0.15, -0.1) is 0 Å². The van der Waals surface area contributed by atoms with Crippen molar-refractivity contribution in [1.82, 2.24) is 0 Å². The second kappa shape index (κ2) is 10.5. The van der Waals surface area contributed by atoms with Crippen LogP contribution in [0.2, 0.25) is 0 Å². The zero-order valence-corrected chi connectivity index (χ0v) is 12.7. The number of benzene rings is 1. The summed E-state index contributed by atoms with van der Waals surface area (Å²) in [5.41, 5.74) is 4.81. The number of phenols is 1. The summed E-state index contributed by atoms with van der Waals surface area (Å²) in [4.78, 5) is 11.7. The Morgan fingerprint density at radius 1 is 1.25 bits per heavy atom. The summed E-state index contributed by atoms with van der Waals surface area (Å²) in [6.45, 7) is 2.64. The molecule has 0 amide bonds. The molecule has 1 aromatic rings. The van der Waals surface area contributed by atoms with E-state index in [2.05, 4.69) is 12.7 Å². The van der Waals surface area contributed by atoms with E-state index in [0.29, 0.717) is 13.0 Å². The van der Waals surface area contributed by atoms with E-state index in [4.69, 9.17) is 4.74 Å². The zero-order valence-electron chi connectivity index (χ0n) is 12.0. The Kier molecular flexibility index (Phi) is 9.86. The van der Waals surface area contributed by atoms with Gasteiger partial charge >= 0.3 is 5.97 Å². The number of esters is 1. The fourth-order valence-corrected chi connectivity index (χ4v) is 1.82. The number of ether oxygens (including phenoxy) is 1. The number of aromatic hydroxyl groups is 1. The van der Waals surface area contributed by atoms with Gasteiger partial charge in [0.05, 0.1) is 6.61 Å². The molecule has 0 fully saturated rings. The number of carbonyl (C=O) groups is 1. The first-order chi connectivity index (χ1) is 9.13. The van der Waals surface area contributed by atoms with Crippen LogP contribution in [0.4, 0.5) is 0 Å². The maximum Gasteiger partial charge on any atom is 0.365 e. The van der Waals surface area contributed by atoms with Crippen LogP contribution < -0.4 is 18.1 Å². The Labute approximate surface area is 126 Å². The highest BCUT2D eigenvalue weighted by Gasteiger charge is 2.19. The van der Waals surface area contributed by atoms with Crippen LogP contribution in [-0.4, -0.2) is 23.7 Å². The summed E-state index contributed by atoms with van der Waals surface area (Å²) in [5.74, 6) is -0.0209. The predicted octanol–water partition coefficient (Wildman–Crippen LogP) is -1.33. The van der Waals surface area contributed by atoms with E-state index in [9.17, 15) is 9.90 Å². The first kappa shape index (κ1) is 18.7. The van der Waals surface area contributed by atoms with E-state index < -0.39 is 6.04 Å². The van der Waals surface area contributed by atoms with Gasteiger partial charge in [0.15, 0.2) is 6.04 Å². The third kappa shape index (κ3) is 7.36. The van der Waals surface area contributed by atoms with Crippen molar-refractivity contribution < 1.29 is 32.8 Å². The number of unbranched alkanes of at least 4 members (excludes halogenated alkanes) is 3. The van der Waals surface area contributed by atoms with Crippen LogP contribution in [0, 0.1) is 0 Å². The van der Waals surface area contributed by atoms with Crippen LogP contribution in [0.15, 0.2) is 24.3 Å². The van der Waals surface area contributed by atoms with Gasteiger partial charge in [0.2, 0.25) is 0 Å². The van der Waals surface area contributed by atoms with Gasteiger partial charge in [0, 0.05) is 6.42 Å². The Morgan fingerprint density at radius 3 is 2.50 bits per heavy atom. The zero-order chi connectivity index (χ0) is 14.1. The number of halogens is 1. The molecule has 0 radical (unpaired) electrons. The maximum atomic E-state index is 11.7. The molecule has 1 atom stereocenters. The molecule has 1 rings (SSSR count). The number of hydrogen-bond donors (Lipinski definition) is 2. The molecule has 0 aliphatic heterocycles. The Hall–Kier alpha value is -1.26. The van der Waals surface area contributed by atoms with Crippen LogP contribution in [0.5, 0.6) is 5.75 Å². The van der Waals surface area contributed by atoms with E-state index >= 15 is 0 Å². The van der Waals surface area contributed by atoms with Crippen molar-refractivity contribution in [3.05, 3.63) is 29.8 Å². The molecule has 1 aromatic carbocycles. The minimum atomic E-state index is -0.393. The lowest BCUT2D eigenvalue weighted by Gasteiger charge is -2.09. The first-order valence-electron chi connectivity index (χ1n) is 6.91. The molecule has 0 spiro atoms. The monoisotopic (exact) mass is 301 g/mol. The number of phenolic OH excluding ortho intramolecular Hbond substituents is 1. The van der Waals surface area contributed by atoms with Crippen molar-refractivity contribution >= 4 is 5.97 Å². The molecule has 0 aromatic heterocycles. The van der Waals surface area contributed by atoms with E-state index in [-0.39, 0.29) is 24.1 Å². The largest absolute Gasteiger partial charge is 1.00 e. The quantitative estimate of drug-likeness (QED) is 0.462. The lowest BCUT2D eigenvalue weighted by molar-refractivity contribution is -0.407. The summed E-state index contributed by atoms with van der Waals surface area (Å²) in [7, 11) is 0. The molecule has 0 saturated carbocycles. The molecule has 20 heavy (non-hydrogen) atoms. The van der Waals surface area contributed by atoms with Crippen molar-refractivity contribution in [2.75, 3.05) is 6.61 Å². The highest BCUT2D eigenvalue weighted by atomic mass is 35.5. The van der Waals surface area contributed by atoms with Gasteiger partial charge in [-0.25, -0.2) is 4.79 Å². The average Bonchev–Trinajstić information content (AvgIpc) is 2.41. The van der Waals surface area contributed by atoms with Gasteiger partial charge in [-0.3, -0.25) is 0 Å². The van der Waals surface area contributed by atoms with Crippen molar-refractivity contribution in [2.24, 2.45) is 0 Å². The molecular formula is C15H24ClNO3. The summed E-state index contributed by atoms with van der Waals surface area (Å²) in [6, 6.07) is 6.41. The van der Waals surface area contributed by atoms with Crippen molar-refractivity contribution in [2.45, 2.75) is 45.1 Å². The first-order valence-corrected chi connectivity index (χ1v) is 6.91. The summed E-state index contributed by atoms with van der Waals surface area (Å²) < 4.78 is 5.20. The van der Waals surface area contributed by atoms with Crippen molar-refractivity contribution in [3.8, 4) is 5.75 Å². The standard InChI is InChI=1S/C15H23NO3.ClH/c1-2-3-4-5-10-19-15(18)14(16)11-12-6-8-13(17)9-7-12;/h6-9,14,17H,2-5,10-11,16H2,1H3;1H/t14-;/m0./s1. The summed E-state index contributed by atoms with van der Waals surface area (Å²) >= 11 is 0. The van der Waals surface area contributed by atoms with Gasteiger partial charge in [0.25, 0.3) is 0 Å². The van der Waals surface area contributed by atoms with Crippen molar-refractivity contribution in [3.63, 3.8) is 0 Å². The van der Waals surface area contributed by atoms with Gasteiger partial charge in [-0.05, 0) is 24.1 Å². The minimum absolute atomic E-state index is 0. The molecule has 0 saturated heterocycles. The van der Waals surface area contributed by atoms with E-state index in [1.54, 1.807) is 24.3 Å². The normalized spacial score (nSPS) is 11.5. The van der Waals surface area contributed by atoms with Gasteiger partial charge in [-0.2, -0.15) is 0 Å². The smallest absolute Gasteiger partial charge is 0.365 e. The highest BCUT2D eigenvalue weighted by molar-refractivity contribution is 5.74. The van der Waals surface area contributed by atoms with Crippen LogP contribution in [0.3, 0.4) is 0 Å². The van der Waals surface area contributed by atoms with Gasteiger partial charge < -0.3 is 28.0 Å². The second-order valence-corrected chi connectivity index (χ2v) is 4.80. The SMILES string of the molecule is CCCCCCOC(=O)[C@@H]([NH3+])Cc1ccc(O)cc1.[Cl-]. The second-order valence-electron chi connectivity index (χ2n) is 4.80. The fourth-order valence-electron chi connectivity index (χ4n) is 1.82. The maximum absolute atomic E-state index is 11.7. The Morgan fingerprint density at radius 2 is 1.90 bits per heavy atom.